The van der Waals surface area contributed by atoms with E-state index in [0.29, 0.717) is 23.4 Å². The number of nitrogens with zero attached hydrogens (tertiary/aromatic N) is 1. The van der Waals surface area contributed by atoms with Gasteiger partial charge in [0.15, 0.2) is 5.78 Å². The number of hydrogen-bond donors (Lipinski definition) is 2. The Bertz CT molecular complexity index is 1230. The van der Waals surface area contributed by atoms with Crippen LogP contribution in [0.25, 0.3) is 0 Å². The summed E-state index contributed by atoms with van der Waals surface area (Å²) in [4.78, 5) is 28.7. The topological polar surface area (TPSA) is 74.6 Å². The van der Waals surface area contributed by atoms with E-state index in [1.807, 2.05) is 62.4 Å². The van der Waals surface area contributed by atoms with E-state index in [2.05, 4.69) is 10.6 Å². The Morgan fingerprint density at radius 2 is 1.94 bits per heavy atom. The van der Waals surface area contributed by atoms with Crippen molar-refractivity contribution >= 4 is 28.9 Å². The maximum absolute atomic E-state index is 13.8. The lowest BCUT2D eigenvalue weighted by Crippen LogP contribution is -2.40. The van der Waals surface area contributed by atoms with Gasteiger partial charge in [0, 0.05) is 23.4 Å². The van der Waals surface area contributed by atoms with Crippen molar-refractivity contribution in [2.24, 2.45) is 0 Å². The maximum atomic E-state index is 13.8. The van der Waals surface area contributed by atoms with Crippen LogP contribution in [0.5, 0.6) is 0 Å². The minimum atomic E-state index is -0.658. The van der Waals surface area contributed by atoms with Crippen molar-refractivity contribution in [1.29, 1.82) is 0 Å². The number of amides is 2. The van der Waals surface area contributed by atoms with Crippen molar-refractivity contribution in [2.45, 2.75) is 39.2 Å². The zero-order valence-corrected chi connectivity index (χ0v) is 18.1. The third-order valence-electron chi connectivity index (χ3n) is 6.10. The number of aryl methyl sites for hydroxylation is 2. The summed E-state index contributed by atoms with van der Waals surface area (Å²) in [6.45, 7) is 3.95. The smallest absolute Gasteiger partial charge is 0.327 e. The molecule has 2 heterocycles. The van der Waals surface area contributed by atoms with Gasteiger partial charge < -0.3 is 15.1 Å². The number of para-hydroxylation sites is 2. The van der Waals surface area contributed by atoms with E-state index in [4.69, 9.17) is 4.42 Å². The monoisotopic (exact) mass is 427 g/mol. The van der Waals surface area contributed by atoms with E-state index < -0.39 is 6.04 Å². The molecule has 2 aliphatic rings. The Hall–Kier alpha value is -3.80. The number of carbonyl (C=O) groups is 2. The van der Waals surface area contributed by atoms with Gasteiger partial charge in [0.25, 0.3) is 0 Å². The molecule has 0 saturated heterocycles. The number of carbonyl (C=O) groups excluding carboxylic acids is 2. The highest BCUT2D eigenvalue weighted by atomic mass is 16.3. The number of hydrogen-bond acceptors (Lipinski definition) is 4. The molecule has 0 saturated carbocycles. The Labute approximate surface area is 186 Å². The molecule has 2 N–H and O–H groups in total. The molecule has 162 valence electrons. The molecule has 0 spiro atoms. The normalized spacial score (nSPS) is 17.9. The number of Topliss-reactive ketones (excluding diaryl/α,β-unsaturated/α-hetero) is 1. The second-order valence-corrected chi connectivity index (χ2v) is 8.35. The molecule has 32 heavy (non-hydrogen) atoms. The quantitative estimate of drug-likeness (QED) is 0.517. The van der Waals surface area contributed by atoms with Crippen LogP contribution >= 0.6 is 0 Å². The molecular weight excluding hydrogens is 402 g/mol. The number of benzene rings is 2. The molecular formula is C26H25N3O3. The lowest BCUT2D eigenvalue weighted by atomic mass is 9.88. The fourth-order valence-electron chi connectivity index (χ4n) is 4.52. The fraction of sp³-hybridized carbons (Fsp3) is 0.231. The highest BCUT2D eigenvalue weighted by molar-refractivity contribution is 6.09. The van der Waals surface area contributed by atoms with Gasteiger partial charge in [-0.3, -0.25) is 9.69 Å². The van der Waals surface area contributed by atoms with Gasteiger partial charge in [0.2, 0.25) is 0 Å². The minimum absolute atomic E-state index is 0.0393. The molecule has 1 aromatic heterocycles. The first-order chi connectivity index (χ1) is 15.5. The third kappa shape index (κ3) is 3.47. The van der Waals surface area contributed by atoms with E-state index in [9.17, 15) is 9.59 Å². The van der Waals surface area contributed by atoms with Gasteiger partial charge in [-0.15, -0.1) is 0 Å². The molecule has 6 nitrogen and oxygen atoms in total. The fourth-order valence-corrected chi connectivity index (χ4v) is 4.52. The summed E-state index contributed by atoms with van der Waals surface area (Å²) in [5.74, 6) is 0.597. The van der Waals surface area contributed by atoms with Crippen molar-refractivity contribution in [1.82, 2.24) is 0 Å². The van der Waals surface area contributed by atoms with Gasteiger partial charge in [0.1, 0.15) is 11.8 Å². The van der Waals surface area contributed by atoms with Crippen molar-refractivity contribution in [2.75, 3.05) is 15.5 Å². The average molecular weight is 428 g/mol. The number of urea groups is 1. The van der Waals surface area contributed by atoms with E-state index in [1.54, 1.807) is 17.2 Å². The largest absolute Gasteiger partial charge is 0.467 e. The van der Waals surface area contributed by atoms with Gasteiger partial charge in [-0.1, -0.05) is 24.3 Å². The van der Waals surface area contributed by atoms with Crippen LogP contribution in [0, 0.1) is 13.8 Å². The van der Waals surface area contributed by atoms with E-state index in [-0.39, 0.29) is 11.8 Å². The first-order valence-corrected chi connectivity index (χ1v) is 10.9. The molecule has 5 rings (SSSR count). The summed E-state index contributed by atoms with van der Waals surface area (Å²) >= 11 is 0. The van der Waals surface area contributed by atoms with Gasteiger partial charge in [0.05, 0.1) is 17.6 Å². The molecule has 1 aliphatic carbocycles. The Morgan fingerprint density at radius 1 is 1.09 bits per heavy atom. The molecule has 0 bridgehead atoms. The highest BCUT2D eigenvalue weighted by Gasteiger charge is 2.41. The molecule has 0 fully saturated rings. The van der Waals surface area contributed by atoms with Crippen molar-refractivity contribution in [3.05, 3.63) is 89.0 Å². The molecule has 6 heteroatoms. The Balaban J connectivity index is 1.68. The molecule has 2 aromatic carbocycles. The number of nitrogens with one attached hydrogen (secondary N) is 2. The first-order valence-electron chi connectivity index (χ1n) is 10.9. The van der Waals surface area contributed by atoms with Crippen LogP contribution in [0.1, 0.15) is 42.2 Å². The Kier molecular flexibility index (Phi) is 5.05. The predicted octanol–water partition coefficient (Wildman–Crippen LogP) is 6.11. The van der Waals surface area contributed by atoms with Gasteiger partial charge >= 0.3 is 6.03 Å². The number of fused-ring (bicyclic) bond motifs is 1. The standard InChI is InChI=1S/C26H25N3O3/c1-16-12-13-17(2)20(15-16)28-26(31)29-21-9-4-3-7-18(21)27-19-8-5-10-22(30)24(19)25(29)23-11-6-14-32-23/h3-4,6-7,9,11-15,25,27H,5,8,10H2,1-2H3,(H,28,31)/t25-/m1/s1. The number of allylic oxidation sites excluding steroid dienone is 1. The van der Waals surface area contributed by atoms with Gasteiger partial charge in [-0.25, -0.2) is 4.79 Å². The van der Waals surface area contributed by atoms with Crippen LogP contribution < -0.4 is 15.5 Å². The van der Waals surface area contributed by atoms with Crippen molar-refractivity contribution in [3.63, 3.8) is 0 Å². The van der Waals surface area contributed by atoms with E-state index in [1.165, 1.54) is 0 Å². The van der Waals surface area contributed by atoms with Crippen LogP contribution in [-0.4, -0.2) is 11.8 Å². The molecule has 1 aliphatic heterocycles. The third-order valence-corrected chi connectivity index (χ3v) is 6.10. The van der Waals surface area contributed by atoms with Crippen LogP contribution in [0.3, 0.4) is 0 Å². The van der Waals surface area contributed by atoms with Crippen molar-refractivity contribution in [3.8, 4) is 0 Å². The number of rotatable bonds is 2. The molecule has 0 unspecified atom stereocenters. The first kappa shape index (κ1) is 20.1. The number of ketones is 1. The lowest BCUT2D eigenvalue weighted by Gasteiger charge is -2.32. The van der Waals surface area contributed by atoms with Crippen LogP contribution in [-0.2, 0) is 4.79 Å². The summed E-state index contributed by atoms with van der Waals surface area (Å²) < 4.78 is 5.78. The van der Waals surface area contributed by atoms with E-state index >= 15 is 0 Å². The summed E-state index contributed by atoms with van der Waals surface area (Å²) in [5.41, 5.74) is 5.70. The van der Waals surface area contributed by atoms with Crippen LogP contribution in [0.4, 0.5) is 21.9 Å². The number of anilines is 3. The highest BCUT2D eigenvalue weighted by Crippen LogP contribution is 2.45. The lowest BCUT2D eigenvalue weighted by molar-refractivity contribution is -0.116. The Morgan fingerprint density at radius 3 is 2.75 bits per heavy atom. The minimum Gasteiger partial charge on any atom is -0.467 e. The molecule has 1 atom stereocenters. The van der Waals surface area contributed by atoms with E-state index in [0.717, 1.165) is 41.0 Å². The van der Waals surface area contributed by atoms with Crippen LogP contribution in [0.15, 0.2) is 76.5 Å². The summed E-state index contributed by atoms with van der Waals surface area (Å²) in [5, 5.41) is 6.52. The average Bonchev–Trinajstić information content (AvgIpc) is 3.25. The molecule has 2 amide bonds. The molecule has 3 aromatic rings. The van der Waals surface area contributed by atoms with Crippen molar-refractivity contribution < 1.29 is 14.0 Å². The zero-order chi connectivity index (χ0) is 22.2. The SMILES string of the molecule is Cc1ccc(C)c(NC(=O)N2c3ccccc3NC3=C(C(=O)CCC3)[C@H]2c2ccco2)c1. The zero-order valence-electron chi connectivity index (χ0n) is 18.1. The second kappa shape index (κ2) is 8.04. The van der Waals surface area contributed by atoms with Gasteiger partial charge in [-0.05, 0) is 68.1 Å². The summed E-state index contributed by atoms with van der Waals surface area (Å²) in [7, 11) is 0. The number of furan rings is 1. The maximum Gasteiger partial charge on any atom is 0.327 e. The summed E-state index contributed by atoms with van der Waals surface area (Å²) in [6.07, 6.45) is 3.57. The van der Waals surface area contributed by atoms with Crippen LogP contribution in [0.2, 0.25) is 0 Å². The molecule has 0 radical (unpaired) electrons. The summed E-state index contributed by atoms with van der Waals surface area (Å²) in [6, 6.07) is 16.2. The van der Waals surface area contributed by atoms with Gasteiger partial charge in [-0.2, -0.15) is 0 Å². The predicted molar refractivity (Wildman–Crippen MR) is 125 cm³/mol. The second-order valence-electron chi connectivity index (χ2n) is 8.35.